The van der Waals surface area contributed by atoms with Gasteiger partial charge in [0.25, 0.3) is 11.8 Å². The monoisotopic (exact) mass is 362 g/mol. The lowest BCUT2D eigenvalue weighted by Crippen LogP contribution is -2.48. The molecule has 7 nitrogen and oxygen atoms in total. The molecule has 2 N–H and O–H groups in total. The summed E-state index contributed by atoms with van der Waals surface area (Å²) in [7, 11) is 1.47. The van der Waals surface area contributed by atoms with Gasteiger partial charge in [0.2, 0.25) is 0 Å². The average Bonchev–Trinajstić information content (AvgIpc) is 3.42. The molecule has 142 valence electrons. The first-order valence-corrected chi connectivity index (χ1v) is 8.78. The molecule has 0 unspecified atom stereocenters. The van der Waals surface area contributed by atoms with E-state index in [0.29, 0.717) is 11.3 Å². The summed E-state index contributed by atoms with van der Waals surface area (Å²) in [5.74, 6) is -1.19. The van der Waals surface area contributed by atoms with Crippen LogP contribution in [-0.2, 0) is 14.3 Å². The molecule has 0 radical (unpaired) electrons. The molecular weight excluding hydrogens is 336 g/mol. The maximum absolute atomic E-state index is 12.5. The van der Waals surface area contributed by atoms with Crippen LogP contribution in [0.4, 0.5) is 0 Å². The van der Waals surface area contributed by atoms with Gasteiger partial charge in [0, 0.05) is 6.04 Å². The van der Waals surface area contributed by atoms with Crippen LogP contribution >= 0.6 is 0 Å². The number of nitrogens with one attached hydrogen (secondary N) is 2. The van der Waals surface area contributed by atoms with Gasteiger partial charge in [0.05, 0.1) is 12.7 Å². The number of ether oxygens (including phenoxy) is 2. The summed E-state index contributed by atoms with van der Waals surface area (Å²) in [5.41, 5.74) is 0.327. The third kappa shape index (κ3) is 5.21. The van der Waals surface area contributed by atoms with Crippen LogP contribution in [0.5, 0.6) is 5.75 Å². The van der Waals surface area contributed by atoms with Crippen LogP contribution in [0.1, 0.15) is 44.0 Å². The molecule has 2 atom stereocenters. The lowest BCUT2D eigenvalue weighted by atomic mass is 10.0. The molecule has 0 spiro atoms. The number of hydrogen-bond donors (Lipinski definition) is 2. The Morgan fingerprint density at radius 1 is 1.12 bits per heavy atom. The largest absolute Gasteiger partial charge is 0.496 e. The quantitative estimate of drug-likeness (QED) is 0.686. The number of para-hydroxylation sites is 1. The first kappa shape index (κ1) is 19.8. The van der Waals surface area contributed by atoms with Crippen LogP contribution < -0.4 is 15.4 Å². The van der Waals surface area contributed by atoms with Gasteiger partial charge in [-0.05, 0) is 37.8 Å². The highest BCUT2D eigenvalue weighted by molar-refractivity contribution is 5.99. The maximum atomic E-state index is 12.5. The Morgan fingerprint density at radius 3 is 2.35 bits per heavy atom. The summed E-state index contributed by atoms with van der Waals surface area (Å²) in [6.07, 6.45) is 0.999. The van der Waals surface area contributed by atoms with Crippen molar-refractivity contribution in [3.63, 3.8) is 0 Å². The normalized spacial score (nSPS) is 15.7. The average molecular weight is 362 g/mol. The lowest BCUT2D eigenvalue weighted by Gasteiger charge is -2.23. The highest BCUT2D eigenvalue weighted by atomic mass is 16.5. The van der Waals surface area contributed by atoms with E-state index in [1.807, 2.05) is 0 Å². The van der Waals surface area contributed by atoms with Crippen LogP contribution in [0.2, 0.25) is 0 Å². The molecule has 1 aliphatic carbocycles. The summed E-state index contributed by atoms with van der Waals surface area (Å²) in [6.45, 7) is 5.11. The SMILES string of the molecule is COc1ccccc1C(=O)N[C@H](C(=O)O[C@@H](C)C(=O)NC1CC1)C(C)C. The molecule has 2 amide bonds. The number of methoxy groups -OCH3 is 1. The molecule has 1 fully saturated rings. The van der Waals surface area contributed by atoms with E-state index in [2.05, 4.69) is 10.6 Å². The van der Waals surface area contributed by atoms with Crippen LogP contribution in [0.15, 0.2) is 24.3 Å². The Bertz CT molecular complexity index is 670. The fraction of sp³-hybridized carbons (Fsp3) is 0.526. The van der Waals surface area contributed by atoms with Crippen LogP contribution in [0.3, 0.4) is 0 Å². The Hall–Kier alpha value is -2.57. The summed E-state index contributed by atoms with van der Waals surface area (Å²) in [4.78, 5) is 37.0. The minimum absolute atomic E-state index is 0.190. The highest BCUT2D eigenvalue weighted by Gasteiger charge is 2.31. The molecule has 0 aromatic heterocycles. The van der Waals surface area contributed by atoms with Gasteiger partial charge in [-0.2, -0.15) is 0 Å². The number of benzene rings is 1. The van der Waals surface area contributed by atoms with Gasteiger partial charge in [0.15, 0.2) is 6.10 Å². The van der Waals surface area contributed by atoms with Gasteiger partial charge in [-0.3, -0.25) is 9.59 Å². The number of esters is 1. The van der Waals surface area contributed by atoms with E-state index in [4.69, 9.17) is 9.47 Å². The van der Waals surface area contributed by atoms with Crippen molar-refractivity contribution in [2.45, 2.75) is 51.8 Å². The fourth-order valence-corrected chi connectivity index (χ4v) is 2.40. The summed E-state index contributed by atoms with van der Waals surface area (Å²) in [6, 6.07) is 6.07. The van der Waals surface area contributed by atoms with Gasteiger partial charge in [-0.25, -0.2) is 4.79 Å². The van der Waals surface area contributed by atoms with Crippen molar-refractivity contribution in [3.8, 4) is 5.75 Å². The van der Waals surface area contributed by atoms with Crippen molar-refractivity contribution in [3.05, 3.63) is 29.8 Å². The second-order valence-corrected chi connectivity index (χ2v) is 6.76. The first-order valence-electron chi connectivity index (χ1n) is 8.78. The van der Waals surface area contributed by atoms with Gasteiger partial charge in [0.1, 0.15) is 11.8 Å². The number of carbonyl (C=O) groups excluding carboxylic acids is 3. The zero-order valence-corrected chi connectivity index (χ0v) is 15.6. The fourth-order valence-electron chi connectivity index (χ4n) is 2.40. The van der Waals surface area contributed by atoms with E-state index in [-0.39, 0.29) is 17.9 Å². The second kappa shape index (κ2) is 8.69. The van der Waals surface area contributed by atoms with E-state index in [1.54, 1.807) is 38.1 Å². The topological polar surface area (TPSA) is 93.7 Å². The van der Waals surface area contributed by atoms with Gasteiger partial charge in [-0.1, -0.05) is 26.0 Å². The summed E-state index contributed by atoms with van der Waals surface area (Å²) < 4.78 is 10.4. The van der Waals surface area contributed by atoms with Crippen molar-refractivity contribution >= 4 is 17.8 Å². The van der Waals surface area contributed by atoms with Gasteiger partial charge in [-0.15, -0.1) is 0 Å². The zero-order valence-electron chi connectivity index (χ0n) is 15.6. The third-order valence-corrected chi connectivity index (χ3v) is 4.14. The predicted molar refractivity (Wildman–Crippen MR) is 95.8 cm³/mol. The van der Waals surface area contributed by atoms with Crippen LogP contribution in [-0.4, -0.2) is 43.1 Å². The maximum Gasteiger partial charge on any atom is 0.329 e. The van der Waals surface area contributed by atoms with E-state index < -0.39 is 24.0 Å². The number of hydrogen-bond acceptors (Lipinski definition) is 5. The van der Waals surface area contributed by atoms with Gasteiger partial charge < -0.3 is 20.1 Å². The first-order chi connectivity index (χ1) is 12.3. The highest BCUT2D eigenvalue weighted by Crippen LogP contribution is 2.19. The number of carbonyl (C=O) groups is 3. The molecule has 0 heterocycles. The minimum Gasteiger partial charge on any atom is -0.496 e. The Labute approximate surface area is 153 Å². The van der Waals surface area contributed by atoms with E-state index in [0.717, 1.165) is 12.8 Å². The molecule has 7 heteroatoms. The molecule has 26 heavy (non-hydrogen) atoms. The van der Waals surface area contributed by atoms with Crippen molar-refractivity contribution < 1.29 is 23.9 Å². The Kier molecular flexibility index (Phi) is 6.60. The molecule has 1 aromatic rings. The molecule has 0 aliphatic heterocycles. The van der Waals surface area contributed by atoms with Crippen molar-refractivity contribution in [2.24, 2.45) is 5.92 Å². The molecule has 1 aliphatic rings. The molecule has 0 bridgehead atoms. The van der Waals surface area contributed by atoms with E-state index >= 15 is 0 Å². The predicted octanol–water partition coefficient (Wildman–Crippen LogP) is 1.66. The number of rotatable bonds is 8. The Morgan fingerprint density at radius 2 is 1.77 bits per heavy atom. The standard InChI is InChI=1S/C19H26N2O5/c1-11(2)16(19(24)26-12(3)17(22)20-13-9-10-13)21-18(23)14-7-5-6-8-15(14)25-4/h5-8,11-13,16H,9-10H2,1-4H3,(H,20,22)(H,21,23)/t12-,16-/m0/s1. The summed E-state index contributed by atoms with van der Waals surface area (Å²) in [5, 5.41) is 5.47. The summed E-state index contributed by atoms with van der Waals surface area (Å²) >= 11 is 0. The van der Waals surface area contributed by atoms with Gasteiger partial charge >= 0.3 is 5.97 Å². The molecule has 1 aromatic carbocycles. The van der Waals surface area contributed by atoms with Crippen LogP contribution in [0, 0.1) is 5.92 Å². The van der Waals surface area contributed by atoms with Crippen LogP contribution in [0.25, 0.3) is 0 Å². The Balaban J connectivity index is 2.01. The molecular formula is C19H26N2O5. The third-order valence-electron chi connectivity index (χ3n) is 4.14. The zero-order chi connectivity index (χ0) is 19.3. The van der Waals surface area contributed by atoms with Crippen molar-refractivity contribution in [1.29, 1.82) is 0 Å². The molecule has 1 saturated carbocycles. The molecule has 2 rings (SSSR count). The van der Waals surface area contributed by atoms with E-state index in [9.17, 15) is 14.4 Å². The number of amides is 2. The lowest BCUT2D eigenvalue weighted by molar-refractivity contribution is -0.157. The molecule has 0 saturated heterocycles. The van der Waals surface area contributed by atoms with E-state index in [1.165, 1.54) is 14.0 Å². The van der Waals surface area contributed by atoms with Crippen molar-refractivity contribution in [2.75, 3.05) is 7.11 Å². The minimum atomic E-state index is -0.910. The second-order valence-electron chi connectivity index (χ2n) is 6.76. The smallest absolute Gasteiger partial charge is 0.329 e. The van der Waals surface area contributed by atoms with Crippen molar-refractivity contribution in [1.82, 2.24) is 10.6 Å².